The summed E-state index contributed by atoms with van der Waals surface area (Å²) in [6, 6.07) is 7.07. The monoisotopic (exact) mass is 563 g/mol. The van der Waals surface area contributed by atoms with Gasteiger partial charge in [0.15, 0.2) is 0 Å². The van der Waals surface area contributed by atoms with Crippen LogP contribution < -0.4 is 4.72 Å². The van der Waals surface area contributed by atoms with Gasteiger partial charge in [-0.25, -0.2) is 8.42 Å². The van der Waals surface area contributed by atoms with Crippen LogP contribution in [0.2, 0.25) is 0 Å². The molecule has 0 heterocycles. The smallest absolute Gasteiger partial charge is 0.254 e. The van der Waals surface area contributed by atoms with Gasteiger partial charge in [0.25, 0.3) is 5.91 Å². The number of quaternary nitrogens is 1. The van der Waals surface area contributed by atoms with Crippen molar-refractivity contribution in [3.63, 3.8) is 0 Å². The zero-order valence-electron chi connectivity index (χ0n) is 24.7. The molecule has 2 fully saturated rings. The first-order chi connectivity index (χ1) is 18.5. The molecule has 1 N–H and O–H groups in total. The second-order valence-electron chi connectivity index (χ2n) is 11.9. The lowest BCUT2D eigenvalue weighted by Crippen LogP contribution is -2.53. The largest absolute Gasteiger partial charge is 0.335 e. The molecule has 2 amide bonds. The number of hydrogen-bond donors (Lipinski definition) is 1. The highest BCUT2D eigenvalue weighted by Crippen LogP contribution is 2.30. The molecule has 0 atom stereocenters. The van der Waals surface area contributed by atoms with Gasteiger partial charge in [0.1, 0.15) is 6.54 Å². The summed E-state index contributed by atoms with van der Waals surface area (Å²) in [5, 5.41) is 0. The van der Waals surface area contributed by atoms with Crippen molar-refractivity contribution < 1.29 is 22.5 Å². The summed E-state index contributed by atoms with van der Waals surface area (Å²) in [5.74, 6) is -0.0931. The Labute approximate surface area is 236 Å². The molecular formula is C30H51N4O4S+. The molecule has 3 rings (SSSR count). The number of carbonyl (C=O) groups excluding carboxylic acids is 2. The van der Waals surface area contributed by atoms with E-state index in [1.807, 2.05) is 0 Å². The number of nitrogens with zero attached hydrogens (tertiary/aromatic N) is 3. The Morgan fingerprint density at radius 3 is 1.87 bits per heavy atom. The Kier molecular flexibility index (Phi) is 11.7. The number of hydrogen-bond acceptors (Lipinski definition) is 4. The van der Waals surface area contributed by atoms with Gasteiger partial charge in [0.05, 0.1) is 32.9 Å². The highest BCUT2D eigenvalue weighted by Gasteiger charge is 2.34. The van der Waals surface area contributed by atoms with E-state index < -0.39 is 10.0 Å². The van der Waals surface area contributed by atoms with E-state index in [1.165, 1.54) is 38.5 Å². The SMILES string of the molecule is CC[N+](C)(CC)CCCN(CC(=O)N(C1CCCCC1)C1CCCCC1)C(=O)c1ccc(NS(C)(=O)=O)cc1. The van der Waals surface area contributed by atoms with E-state index in [-0.39, 0.29) is 30.4 Å². The van der Waals surface area contributed by atoms with Crippen LogP contribution in [0.1, 0.15) is 94.8 Å². The summed E-state index contributed by atoms with van der Waals surface area (Å²) in [6.07, 6.45) is 13.3. The molecule has 0 saturated heterocycles. The molecule has 9 heteroatoms. The van der Waals surface area contributed by atoms with Gasteiger partial charge in [-0.15, -0.1) is 0 Å². The molecule has 1 aromatic carbocycles. The van der Waals surface area contributed by atoms with E-state index in [9.17, 15) is 18.0 Å². The summed E-state index contributed by atoms with van der Waals surface area (Å²) < 4.78 is 26.6. The van der Waals surface area contributed by atoms with Gasteiger partial charge in [-0.05, 0) is 63.8 Å². The molecule has 1 aromatic rings. The van der Waals surface area contributed by atoms with Crippen molar-refractivity contribution in [1.29, 1.82) is 0 Å². The third kappa shape index (κ3) is 9.48. The first kappa shape index (κ1) is 31.4. The average Bonchev–Trinajstić information content (AvgIpc) is 2.93. The second-order valence-corrected chi connectivity index (χ2v) is 13.6. The summed E-state index contributed by atoms with van der Waals surface area (Å²) >= 11 is 0. The van der Waals surface area contributed by atoms with Crippen molar-refractivity contribution >= 4 is 27.5 Å². The number of sulfonamides is 1. The normalized spacial score (nSPS) is 17.5. The molecule has 0 aromatic heterocycles. The molecule has 220 valence electrons. The van der Waals surface area contributed by atoms with Crippen LogP contribution in [0.25, 0.3) is 0 Å². The molecule has 0 bridgehead atoms. The predicted molar refractivity (Wildman–Crippen MR) is 158 cm³/mol. The minimum atomic E-state index is -3.40. The van der Waals surface area contributed by atoms with Crippen molar-refractivity contribution in [2.24, 2.45) is 0 Å². The quantitative estimate of drug-likeness (QED) is 0.347. The first-order valence-electron chi connectivity index (χ1n) is 15.1. The molecular weight excluding hydrogens is 512 g/mol. The van der Waals surface area contributed by atoms with Crippen molar-refractivity contribution in [3.05, 3.63) is 29.8 Å². The Hall–Kier alpha value is -2.13. The van der Waals surface area contributed by atoms with Crippen LogP contribution in [-0.2, 0) is 14.8 Å². The molecule has 8 nitrogen and oxygen atoms in total. The van der Waals surface area contributed by atoms with Gasteiger partial charge in [0, 0.05) is 36.3 Å². The van der Waals surface area contributed by atoms with Gasteiger partial charge in [-0.2, -0.15) is 0 Å². The zero-order chi connectivity index (χ0) is 28.5. The fourth-order valence-electron chi connectivity index (χ4n) is 6.18. The summed E-state index contributed by atoms with van der Waals surface area (Å²) in [4.78, 5) is 31.7. The van der Waals surface area contributed by atoms with Gasteiger partial charge >= 0.3 is 0 Å². The van der Waals surface area contributed by atoms with E-state index in [1.54, 1.807) is 29.2 Å². The first-order valence-corrected chi connectivity index (χ1v) is 17.0. The number of carbonyl (C=O) groups is 2. The lowest BCUT2D eigenvalue weighted by Gasteiger charge is -2.42. The van der Waals surface area contributed by atoms with Crippen LogP contribution >= 0.6 is 0 Å². The van der Waals surface area contributed by atoms with Crippen LogP contribution in [0.4, 0.5) is 5.69 Å². The summed E-state index contributed by atoms with van der Waals surface area (Å²) in [7, 11) is -1.17. The van der Waals surface area contributed by atoms with Gasteiger partial charge in [-0.1, -0.05) is 38.5 Å². The van der Waals surface area contributed by atoms with E-state index in [0.717, 1.165) is 62.5 Å². The van der Waals surface area contributed by atoms with Crippen LogP contribution in [0, 0.1) is 0 Å². The number of amides is 2. The van der Waals surface area contributed by atoms with Crippen LogP contribution in [0.3, 0.4) is 0 Å². The minimum absolute atomic E-state index is 0.0840. The molecule has 2 aliphatic rings. The third-order valence-electron chi connectivity index (χ3n) is 8.93. The highest BCUT2D eigenvalue weighted by molar-refractivity contribution is 7.92. The van der Waals surface area contributed by atoms with Crippen LogP contribution in [0.5, 0.6) is 0 Å². The molecule has 0 spiro atoms. The van der Waals surface area contributed by atoms with Crippen molar-refractivity contribution in [2.45, 2.75) is 96.6 Å². The summed E-state index contributed by atoms with van der Waals surface area (Å²) in [5.41, 5.74) is 0.878. The second kappa shape index (κ2) is 14.5. The Morgan fingerprint density at radius 1 is 0.897 bits per heavy atom. The van der Waals surface area contributed by atoms with E-state index >= 15 is 0 Å². The molecule has 0 radical (unpaired) electrons. The molecule has 2 aliphatic carbocycles. The number of anilines is 1. The Balaban J connectivity index is 1.80. The fraction of sp³-hybridized carbons (Fsp3) is 0.733. The molecule has 0 aliphatic heterocycles. The van der Waals surface area contributed by atoms with Gasteiger partial charge in [0.2, 0.25) is 15.9 Å². The van der Waals surface area contributed by atoms with Crippen molar-refractivity contribution in [1.82, 2.24) is 9.80 Å². The topological polar surface area (TPSA) is 86.8 Å². The molecule has 39 heavy (non-hydrogen) atoms. The zero-order valence-corrected chi connectivity index (χ0v) is 25.5. The number of benzene rings is 1. The minimum Gasteiger partial charge on any atom is -0.335 e. The van der Waals surface area contributed by atoms with E-state index in [4.69, 9.17) is 0 Å². The lowest BCUT2D eigenvalue weighted by molar-refractivity contribution is -0.906. The maximum Gasteiger partial charge on any atom is 0.254 e. The Bertz CT molecular complexity index is 1010. The summed E-state index contributed by atoms with van der Waals surface area (Å²) in [6.45, 7) is 7.98. The maximum atomic E-state index is 14.0. The predicted octanol–water partition coefficient (Wildman–Crippen LogP) is 4.87. The van der Waals surface area contributed by atoms with Gasteiger partial charge < -0.3 is 14.3 Å². The Morgan fingerprint density at radius 2 is 1.41 bits per heavy atom. The van der Waals surface area contributed by atoms with Crippen LogP contribution in [0.15, 0.2) is 24.3 Å². The van der Waals surface area contributed by atoms with E-state index in [2.05, 4.69) is 30.5 Å². The highest BCUT2D eigenvalue weighted by atomic mass is 32.2. The van der Waals surface area contributed by atoms with Crippen molar-refractivity contribution in [3.8, 4) is 0 Å². The third-order valence-corrected chi connectivity index (χ3v) is 9.53. The fourth-order valence-corrected chi connectivity index (χ4v) is 6.75. The van der Waals surface area contributed by atoms with E-state index in [0.29, 0.717) is 17.8 Å². The lowest BCUT2D eigenvalue weighted by atomic mass is 9.88. The number of nitrogens with one attached hydrogen (secondary N) is 1. The molecule has 0 unspecified atom stereocenters. The molecule has 2 saturated carbocycles. The standard InChI is InChI=1S/C30H50N4O4S/c1-5-34(3,6-2)23-13-22-32(30(36)25-18-20-26(21-19-25)31-39(4,37)38)24-29(35)33(27-14-9-7-10-15-27)28-16-11-8-12-17-28/h18-21,27-28H,5-17,22-24H2,1-4H3/p+1. The number of rotatable bonds is 13. The maximum absolute atomic E-state index is 14.0. The van der Waals surface area contributed by atoms with Gasteiger partial charge in [-0.3, -0.25) is 14.3 Å². The van der Waals surface area contributed by atoms with Crippen molar-refractivity contribution in [2.75, 3.05) is 50.7 Å². The van der Waals surface area contributed by atoms with Crippen LogP contribution in [-0.4, -0.2) is 92.6 Å². The average molecular weight is 564 g/mol.